The second kappa shape index (κ2) is 5.22. The third kappa shape index (κ3) is 3.00. The number of nitrogens with one attached hydrogen (secondary N) is 1. The summed E-state index contributed by atoms with van der Waals surface area (Å²) in [5, 5.41) is 2.74. The first kappa shape index (κ1) is 12.1. The van der Waals surface area contributed by atoms with Gasteiger partial charge in [-0.2, -0.15) is 0 Å². The molecule has 1 aliphatic heterocycles. The Hall–Kier alpha value is -0.950. The Balaban J connectivity index is 2.67. The molecule has 0 aromatic carbocycles. The molecule has 15 heavy (non-hydrogen) atoms. The average Bonchev–Trinajstić information content (AvgIpc) is 2.26. The molecule has 7 heteroatoms. The monoisotopic (exact) mass is 235 g/mol. The Morgan fingerprint density at radius 3 is 1.87 bits per heavy atom. The van der Waals surface area contributed by atoms with E-state index in [-0.39, 0.29) is 11.5 Å². The lowest BCUT2D eigenvalue weighted by Gasteiger charge is -2.26. The first-order valence-corrected chi connectivity index (χ1v) is 5.84. The summed E-state index contributed by atoms with van der Waals surface area (Å²) < 4.78 is 20.4. The molecule has 0 amide bonds. The zero-order chi connectivity index (χ0) is 11.4. The van der Waals surface area contributed by atoms with E-state index in [0.717, 1.165) is 0 Å². The van der Waals surface area contributed by atoms with Gasteiger partial charge < -0.3 is 9.47 Å². The minimum atomic E-state index is -1.21. The second-order valence-electron chi connectivity index (χ2n) is 3.09. The molecular formula is C8H13NO5S. The highest BCUT2D eigenvalue weighted by Crippen LogP contribution is 2.06. The molecular weight excluding hydrogens is 222 g/mol. The Bertz CT molecular complexity index is 267. The van der Waals surface area contributed by atoms with Gasteiger partial charge in [-0.05, 0) is 0 Å². The van der Waals surface area contributed by atoms with Crippen molar-refractivity contribution in [2.45, 2.75) is 12.1 Å². The largest absolute Gasteiger partial charge is 0.468 e. The first-order valence-electron chi connectivity index (χ1n) is 4.35. The Morgan fingerprint density at radius 1 is 1.13 bits per heavy atom. The van der Waals surface area contributed by atoms with E-state index in [0.29, 0.717) is 0 Å². The molecule has 1 rings (SSSR count). The third-order valence-corrected chi connectivity index (χ3v) is 3.49. The molecule has 0 aromatic heterocycles. The van der Waals surface area contributed by atoms with Crippen molar-refractivity contribution in [1.82, 2.24) is 5.32 Å². The van der Waals surface area contributed by atoms with Crippen LogP contribution in [0.2, 0.25) is 0 Å². The van der Waals surface area contributed by atoms with Crippen molar-refractivity contribution >= 4 is 22.7 Å². The molecule has 0 saturated carbocycles. The van der Waals surface area contributed by atoms with Gasteiger partial charge in [0.25, 0.3) is 0 Å². The van der Waals surface area contributed by atoms with Crippen molar-refractivity contribution in [2.24, 2.45) is 0 Å². The topological polar surface area (TPSA) is 81.7 Å². The van der Waals surface area contributed by atoms with Crippen LogP contribution in [-0.2, 0) is 29.9 Å². The van der Waals surface area contributed by atoms with E-state index in [4.69, 9.17) is 0 Å². The summed E-state index contributed by atoms with van der Waals surface area (Å²) in [6, 6.07) is -1.40. The summed E-state index contributed by atoms with van der Waals surface area (Å²) in [5.41, 5.74) is 0. The molecule has 3 atom stereocenters. The molecule has 0 spiro atoms. The van der Waals surface area contributed by atoms with Crippen LogP contribution in [0.4, 0.5) is 0 Å². The van der Waals surface area contributed by atoms with E-state index in [1.807, 2.05) is 0 Å². The van der Waals surface area contributed by atoms with Crippen LogP contribution in [0.3, 0.4) is 0 Å². The molecule has 0 aromatic rings. The summed E-state index contributed by atoms with van der Waals surface area (Å²) in [6.07, 6.45) is 0. The van der Waals surface area contributed by atoms with Crippen molar-refractivity contribution < 1.29 is 23.3 Å². The molecule has 1 unspecified atom stereocenters. The van der Waals surface area contributed by atoms with Crippen molar-refractivity contribution in [3.05, 3.63) is 0 Å². The fourth-order valence-electron chi connectivity index (χ4n) is 1.34. The number of methoxy groups -OCH3 is 2. The van der Waals surface area contributed by atoms with E-state index in [9.17, 15) is 13.8 Å². The fraction of sp³-hybridized carbons (Fsp3) is 0.750. The standard InChI is InChI=1S/C8H13NO5S/c1-13-7(10)5-3-15(12)4-6(9-5)8(11)14-2/h5-6,9H,3-4H2,1-2H3/t5-,6+,15?. The highest BCUT2D eigenvalue weighted by Gasteiger charge is 2.35. The molecule has 0 radical (unpaired) electrons. The SMILES string of the molecule is COC(=O)[C@@H]1CS(=O)C[C@H](C(=O)OC)N1. The van der Waals surface area contributed by atoms with Gasteiger partial charge >= 0.3 is 11.9 Å². The minimum Gasteiger partial charge on any atom is -0.468 e. The van der Waals surface area contributed by atoms with Gasteiger partial charge in [-0.15, -0.1) is 0 Å². The van der Waals surface area contributed by atoms with Crippen LogP contribution in [0.5, 0.6) is 0 Å². The number of rotatable bonds is 2. The molecule has 1 N–H and O–H groups in total. The molecule has 6 nitrogen and oxygen atoms in total. The Kier molecular flexibility index (Phi) is 4.22. The first-order chi connectivity index (χ1) is 7.08. The molecule has 0 bridgehead atoms. The lowest BCUT2D eigenvalue weighted by Crippen LogP contribution is -2.57. The predicted octanol–water partition coefficient (Wildman–Crippen LogP) is -1.58. The Labute approximate surface area is 89.8 Å². The van der Waals surface area contributed by atoms with Crippen LogP contribution in [-0.4, -0.2) is 54.0 Å². The maximum absolute atomic E-state index is 11.4. The smallest absolute Gasteiger partial charge is 0.323 e. The zero-order valence-corrected chi connectivity index (χ0v) is 9.33. The van der Waals surface area contributed by atoms with Crippen LogP contribution in [0.25, 0.3) is 0 Å². The van der Waals surface area contributed by atoms with Gasteiger partial charge in [0.05, 0.1) is 14.2 Å². The number of ether oxygens (including phenoxy) is 2. The van der Waals surface area contributed by atoms with Crippen LogP contribution in [0.1, 0.15) is 0 Å². The number of carbonyl (C=O) groups excluding carboxylic acids is 2. The molecule has 1 aliphatic rings. The normalized spacial score (nSPS) is 30.7. The van der Waals surface area contributed by atoms with E-state index >= 15 is 0 Å². The molecule has 1 saturated heterocycles. The van der Waals surface area contributed by atoms with Gasteiger partial charge in [-0.25, -0.2) is 0 Å². The number of esters is 2. The highest BCUT2D eigenvalue weighted by atomic mass is 32.2. The van der Waals surface area contributed by atoms with E-state index < -0.39 is 34.8 Å². The number of hydrogen-bond donors (Lipinski definition) is 1. The molecule has 0 aliphatic carbocycles. The van der Waals surface area contributed by atoms with Gasteiger partial charge in [0.15, 0.2) is 0 Å². The van der Waals surface area contributed by atoms with Crippen molar-refractivity contribution in [3.8, 4) is 0 Å². The Morgan fingerprint density at radius 2 is 1.53 bits per heavy atom. The summed E-state index contributed by atoms with van der Waals surface area (Å²) >= 11 is 0. The summed E-state index contributed by atoms with van der Waals surface area (Å²) in [5.74, 6) is -0.700. The maximum Gasteiger partial charge on any atom is 0.323 e. The van der Waals surface area contributed by atoms with Gasteiger partial charge in [0.1, 0.15) is 12.1 Å². The fourth-order valence-corrected chi connectivity index (χ4v) is 2.68. The van der Waals surface area contributed by atoms with Gasteiger partial charge in [-0.3, -0.25) is 19.1 Å². The van der Waals surface area contributed by atoms with Crippen molar-refractivity contribution in [1.29, 1.82) is 0 Å². The van der Waals surface area contributed by atoms with Crippen LogP contribution in [0.15, 0.2) is 0 Å². The highest BCUT2D eigenvalue weighted by molar-refractivity contribution is 7.85. The summed E-state index contributed by atoms with van der Waals surface area (Å²) in [4.78, 5) is 22.4. The van der Waals surface area contributed by atoms with Crippen molar-refractivity contribution in [2.75, 3.05) is 25.7 Å². The van der Waals surface area contributed by atoms with Gasteiger partial charge in [-0.1, -0.05) is 0 Å². The van der Waals surface area contributed by atoms with E-state index in [2.05, 4.69) is 14.8 Å². The van der Waals surface area contributed by atoms with Crippen LogP contribution >= 0.6 is 0 Å². The summed E-state index contributed by atoms with van der Waals surface area (Å²) in [6.45, 7) is 0. The number of carbonyl (C=O) groups is 2. The van der Waals surface area contributed by atoms with Crippen molar-refractivity contribution in [3.63, 3.8) is 0 Å². The third-order valence-electron chi connectivity index (χ3n) is 2.08. The molecule has 86 valence electrons. The number of hydrogen-bond acceptors (Lipinski definition) is 6. The van der Waals surface area contributed by atoms with Gasteiger partial charge in [0.2, 0.25) is 0 Å². The molecule has 1 heterocycles. The zero-order valence-electron chi connectivity index (χ0n) is 8.52. The minimum absolute atomic E-state index is 0.167. The average molecular weight is 235 g/mol. The maximum atomic E-state index is 11.4. The predicted molar refractivity (Wildman–Crippen MR) is 52.6 cm³/mol. The lowest BCUT2D eigenvalue weighted by atomic mass is 10.2. The second-order valence-corrected chi connectivity index (χ2v) is 4.64. The summed E-state index contributed by atoms with van der Waals surface area (Å²) in [7, 11) is 1.28. The van der Waals surface area contributed by atoms with E-state index in [1.54, 1.807) is 0 Å². The van der Waals surface area contributed by atoms with Crippen LogP contribution in [0, 0.1) is 0 Å². The molecule has 1 fully saturated rings. The van der Waals surface area contributed by atoms with Gasteiger partial charge in [0, 0.05) is 22.3 Å². The quantitative estimate of drug-likeness (QED) is 0.582. The van der Waals surface area contributed by atoms with E-state index in [1.165, 1.54) is 14.2 Å². The van der Waals surface area contributed by atoms with Crippen LogP contribution < -0.4 is 5.32 Å². The lowest BCUT2D eigenvalue weighted by molar-refractivity contribution is -0.145.